The van der Waals surface area contributed by atoms with E-state index in [1.54, 1.807) is 24.5 Å². The summed E-state index contributed by atoms with van der Waals surface area (Å²) in [6.45, 7) is 2.82. The maximum atomic E-state index is 10.1. The molecule has 4 heteroatoms. The van der Waals surface area contributed by atoms with Crippen molar-refractivity contribution in [2.24, 2.45) is 0 Å². The van der Waals surface area contributed by atoms with Gasteiger partial charge in [0.2, 0.25) is 0 Å². The highest BCUT2D eigenvalue weighted by Crippen LogP contribution is 2.30. The lowest BCUT2D eigenvalue weighted by Gasteiger charge is -2.17. The fourth-order valence-electron chi connectivity index (χ4n) is 2.23. The average molecular weight is 291 g/mol. The maximum absolute atomic E-state index is 10.1. The third-order valence-electron chi connectivity index (χ3n) is 3.31. The van der Waals surface area contributed by atoms with E-state index in [4.69, 9.17) is 4.74 Å². The zero-order valence-electron chi connectivity index (χ0n) is 11.9. The fourth-order valence-corrected chi connectivity index (χ4v) is 3.07. The lowest BCUT2D eigenvalue weighted by molar-refractivity contribution is 0.368. The molecule has 1 heterocycles. The van der Waals surface area contributed by atoms with Gasteiger partial charge >= 0.3 is 0 Å². The highest BCUT2D eigenvalue weighted by Gasteiger charge is 2.13. The molecule has 1 aromatic carbocycles. The molecule has 0 spiro atoms. The highest BCUT2D eigenvalue weighted by molar-refractivity contribution is 7.10. The molecule has 2 rings (SSSR count). The third-order valence-corrected chi connectivity index (χ3v) is 4.29. The smallest absolute Gasteiger partial charge is 0.162 e. The molecule has 1 aromatic heterocycles. The van der Waals surface area contributed by atoms with Gasteiger partial charge in [-0.1, -0.05) is 31.5 Å². The maximum Gasteiger partial charge on any atom is 0.162 e. The number of hydrogen-bond donors (Lipinski definition) is 2. The lowest BCUT2D eigenvalue weighted by atomic mass is 10.1. The highest BCUT2D eigenvalue weighted by atomic mass is 32.1. The van der Waals surface area contributed by atoms with Crippen molar-refractivity contribution in [3.63, 3.8) is 0 Å². The van der Waals surface area contributed by atoms with Crippen LogP contribution in [0.15, 0.2) is 35.7 Å². The van der Waals surface area contributed by atoms with Crippen molar-refractivity contribution in [3.8, 4) is 11.5 Å². The number of aromatic hydroxyl groups is 1. The number of benzene rings is 1. The Kier molecular flexibility index (Phi) is 5.44. The predicted octanol–water partition coefficient (Wildman–Crippen LogP) is 4.09. The fraction of sp³-hybridized carbons (Fsp3) is 0.375. The van der Waals surface area contributed by atoms with Crippen LogP contribution < -0.4 is 10.1 Å². The summed E-state index contributed by atoms with van der Waals surface area (Å²) in [4.78, 5) is 1.34. The Labute approximate surface area is 124 Å². The quantitative estimate of drug-likeness (QED) is 0.807. The number of thiophene rings is 1. The van der Waals surface area contributed by atoms with Gasteiger partial charge in [-0.3, -0.25) is 0 Å². The Balaban J connectivity index is 2.06. The van der Waals surface area contributed by atoms with Crippen LogP contribution in [0.25, 0.3) is 0 Å². The van der Waals surface area contributed by atoms with Crippen molar-refractivity contribution in [2.45, 2.75) is 32.4 Å². The number of phenols is 1. The van der Waals surface area contributed by atoms with Gasteiger partial charge in [0, 0.05) is 23.0 Å². The number of rotatable bonds is 7. The van der Waals surface area contributed by atoms with E-state index in [1.165, 1.54) is 4.88 Å². The summed E-state index contributed by atoms with van der Waals surface area (Å²) in [5.74, 6) is 0.747. The topological polar surface area (TPSA) is 41.5 Å². The second kappa shape index (κ2) is 7.31. The summed E-state index contributed by atoms with van der Waals surface area (Å²) in [6.07, 6.45) is 2.21. The predicted molar refractivity (Wildman–Crippen MR) is 83.5 cm³/mol. The number of phenolic OH excluding ortho intramolecular Hbond substituents is 1. The molecule has 0 saturated carbocycles. The molecule has 0 aliphatic carbocycles. The van der Waals surface area contributed by atoms with Crippen molar-refractivity contribution in [2.75, 3.05) is 7.11 Å². The zero-order chi connectivity index (χ0) is 14.4. The monoisotopic (exact) mass is 291 g/mol. The Hall–Kier alpha value is -1.52. The first-order valence-electron chi connectivity index (χ1n) is 6.87. The number of para-hydroxylation sites is 1. The second-order valence-electron chi connectivity index (χ2n) is 4.71. The van der Waals surface area contributed by atoms with E-state index in [0.717, 1.165) is 18.4 Å². The molecule has 0 aliphatic rings. The summed E-state index contributed by atoms with van der Waals surface area (Å²) < 4.78 is 5.14. The van der Waals surface area contributed by atoms with E-state index in [2.05, 4.69) is 29.8 Å². The van der Waals surface area contributed by atoms with E-state index in [0.29, 0.717) is 18.3 Å². The Bertz CT molecular complexity index is 525. The van der Waals surface area contributed by atoms with Gasteiger partial charge in [-0.15, -0.1) is 11.3 Å². The molecule has 2 aromatic rings. The Morgan fingerprint density at radius 2 is 2.15 bits per heavy atom. The normalized spacial score (nSPS) is 12.3. The SMILES string of the molecule is CCCC(NCc1cccc(OC)c1O)c1cccs1. The average Bonchev–Trinajstić information content (AvgIpc) is 2.99. The minimum absolute atomic E-state index is 0.226. The first-order chi connectivity index (χ1) is 9.76. The molecule has 0 saturated heterocycles. The van der Waals surface area contributed by atoms with E-state index < -0.39 is 0 Å². The molecule has 0 radical (unpaired) electrons. The minimum Gasteiger partial charge on any atom is -0.504 e. The summed E-state index contributed by atoms with van der Waals surface area (Å²) in [7, 11) is 1.57. The molecule has 108 valence electrons. The van der Waals surface area contributed by atoms with Crippen LogP contribution in [-0.4, -0.2) is 12.2 Å². The van der Waals surface area contributed by atoms with Crippen molar-refractivity contribution >= 4 is 11.3 Å². The van der Waals surface area contributed by atoms with Crippen molar-refractivity contribution in [3.05, 3.63) is 46.2 Å². The summed E-state index contributed by atoms with van der Waals surface area (Å²) in [6, 6.07) is 10.2. The van der Waals surface area contributed by atoms with Crippen LogP contribution in [0.5, 0.6) is 11.5 Å². The first kappa shape index (κ1) is 14.9. The molecule has 0 bridgehead atoms. The molecule has 0 fully saturated rings. The van der Waals surface area contributed by atoms with E-state index in [9.17, 15) is 5.11 Å². The summed E-state index contributed by atoms with van der Waals surface area (Å²) >= 11 is 1.77. The van der Waals surface area contributed by atoms with E-state index in [1.807, 2.05) is 12.1 Å². The van der Waals surface area contributed by atoms with Crippen LogP contribution >= 0.6 is 11.3 Å². The zero-order valence-corrected chi connectivity index (χ0v) is 12.7. The van der Waals surface area contributed by atoms with Crippen LogP contribution in [0.1, 0.15) is 36.2 Å². The van der Waals surface area contributed by atoms with Gasteiger partial charge in [0.15, 0.2) is 11.5 Å². The summed E-state index contributed by atoms with van der Waals surface area (Å²) in [5.41, 5.74) is 0.863. The van der Waals surface area contributed by atoms with Crippen molar-refractivity contribution in [1.82, 2.24) is 5.32 Å². The molecule has 0 amide bonds. The Morgan fingerprint density at radius 3 is 2.80 bits per heavy atom. The molecule has 1 unspecified atom stereocenters. The molecular formula is C16H21NO2S. The lowest BCUT2D eigenvalue weighted by Crippen LogP contribution is -2.20. The molecule has 20 heavy (non-hydrogen) atoms. The molecular weight excluding hydrogens is 270 g/mol. The van der Waals surface area contributed by atoms with Gasteiger partial charge in [0.1, 0.15) is 0 Å². The summed E-state index contributed by atoms with van der Waals surface area (Å²) in [5, 5.41) is 15.7. The Morgan fingerprint density at radius 1 is 1.30 bits per heavy atom. The van der Waals surface area contributed by atoms with Crippen LogP contribution in [0.4, 0.5) is 0 Å². The van der Waals surface area contributed by atoms with Crippen molar-refractivity contribution < 1.29 is 9.84 Å². The second-order valence-corrected chi connectivity index (χ2v) is 5.68. The molecule has 1 atom stereocenters. The standard InChI is InChI=1S/C16H21NO2S/c1-3-6-13(15-9-5-10-20-15)17-11-12-7-4-8-14(19-2)16(12)18/h4-5,7-10,13,17-18H,3,6,11H2,1-2H3. The third kappa shape index (κ3) is 3.52. The largest absolute Gasteiger partial charge is 0.504 e. The van der Waals surface area contributed by atoms with Crippen LogP contribution in [0.2, 0.25) is 0 Å². The molecule has 2 N–H and O–H groups in total. The van der Waals surface area contributed by atoms with Crippen LogP contribution in [0, 0.1) is 0 Å². The van der Waals surface area contributed by atoms with Gasteiger partial charge in [0.25, 0.3) is 0 Å². The van der Waals surface area contributed by atoms with Crippen molar-refractivity contribution in [1.29, 1.82) is 0 Å². The van der Waals surface area contributed by atoms with Crippen LogP contribution in [0.3, 0.4) is 0 Å². The molecule has 3 nitrogen and oxygen atoms in total. The van der Waals surface area contributed by atoms with Crippen LogP contribution in [-0.2, 0) is 6.54 Å². The van der Waals surface area contributed by atoms with Gasteiger partial charge < -0.3 is 15.2 Å². The first-order valence-corrected chi connectivity index (χ1v) is 7.75. The molecule has 0 aliphatic heterocycles. The number of methoxy groups -OCH3 is 1. The van der Waals surface area contributed by atoms with Gasteiger partial charge in [-0.05, 0) is 23.9 Å². The van der Waals surface area contributed by atoms with Gasteiger partial charge in [0.05, 0.1) is 7.11 Å². The number of hydrogen-bond acceptors (Lipinski definition) is 4. The van der Waals surface area contributed by atoms with Gasteiger partial charge in [-0.25, -0.2) is 0 Å². The van der Waals surface area contributed by atoms with Gasteiger partial charge in [-0.2, -0.15) is 0 Å². The van der Waals surface area contributed by atoms with E-state index >= 15 is 0 Å². The number of ether oxygens (including phenoxy) is 1. The van der Waals surface area contributed by atoms with E-state index in [-0.39, 0.29) is 5.75 Å². The minimum atomic E-state index is 0.226. The number of nitrogens with one attached hydrogen (secondary N) is 1.